The molecule has 0 unspecified atom stereocenters. The number of aromatic nitrogens is 2. The molecule has 2 aromatic rings. The van der Waals surface area contributed by atoms with Crippen molar-refractivity contribution in [1.82, 2.24) is 14.9 Å². The van der Waals surface area contributed by atoms with Gasteiger partial charge in [0.15, 0.2) is 0 Å². The van der Waals surface area contributed by atoms with Crippen LogP contribution < -0.4 is 14.2 Å². The lowest BCUT2D eigenvalue weighted by Crippen LogP contribution is -2.42. The number of piperidine rings is 1. The maximum Gasteiger partial charge on any atom is 0.319 e. The summed E-state index contributed by atoms with van der Waals surface area (Å²) in [5, 5.41) is 11.5. The predicted molar refractivity (Wildman–Crippen MR) is 122 cm³/mol. The van der Waals surface area contributed by atoms with Gasteiger partial charge in [-0.3, -0.25) is 4.90 Å². The lowest BCUT2D eigenvalue weighted by molar-refractivity contribution is -0.0304. The minimum absolute atomic E-state index is 0.278. The highest BCUT2D eigenvalue weighted by atomic mass is 16.5. The summed E-state index contributed by atoms with van der Waals surface area (Å²) >= 11 is 0. The van der Waals surface area contributed by atoms with Crippen LogP contribution in [0.3, 0.4) is 0 Å². The van der Waals surface area contributed by atoms with Gasteiger partial charge in [0.2, 0.25) is 5.88 Å². The minimum atomic E-state index is -1.01. The van der Waals surface area contributed by atoms with Gasteiger partial charge in [0, 0.05) is 31.4 Å². The van der Waals surface area contributed by atoms with Gasteiger partial charge in [0.25, 0.3) is 0 Å². The molecule has 0 spiro atoms. The molecule has 1 aliphatic heterocycles. The molecule has 32 heavy (non-hydrogen) atoms. The zero-order chi connectivity index (χ0) is 22.6. The van der Waals surface area contributed by atoms with E-state index < -0.39 is 5.60 Å². The fraction of sp³-hybridized carbons (Fsp3) is 0.600. The molecule has 1 saturated heterocycles. The second-order valence-corrected chi connectivity index (χ2v) is 8.69. The molecule has 1 N–H and O–H groups in total. The fourth-order valence-corrected chi connectivity index (χ4v) is 4.83. The first kappa shape index (κ1) is 22.8. The molecule has 7 nitrogen and oxygen atoms in total. The van der Waals surface area contributed by atoms with Crippen molar-refractivity contribution in [2.24, 2.45) is 0 Å². The van der Waals surface area contributed by atoms with Gasteiger partial charge in [-0.05, 0) is 69.6 Å². The summed E-state index contributed by atoms with van der Waals surface area (Å²) in [4.78, 5) is 11.0. The van der Waals surface area contributed by atoms with E-state index in [0.29, 0.717) is 37.5 Å². The molecule has 1 aromatic carbocycles. The topological polar surface area (TPSA) is 76.9 Å². The third-order valence-electron chi connectivity index (χ3n) is 6.61. The number of methoxy groups -OCH3 is 1. The number of aryl methyl sites for hydroxylation is 2. The van der Waals surface area contributed by atoms with Gasteiger partial charge in [0.05, 0.1) is 31.5 Å². The number of hydrogen-bond acceptors (Lipinski definition) is 7. The molecule has 2 heterocycles. The number of rotatable bonds is 8. The molecule has 7 heteroatoms. The highest BCUT2D eigenvalue weighted by Crippen LogP contribution is 2.38. The predicted octanol–water partition coefficient (Wildman–Crippen LogP) is 3.65. The second kappa shape index (κ2) is 10.0. The zero-order valence-electron chi connectivity index (χ0n) is 19.5. The SMILES string of the molecule is CCOc1ncc(C2(O)CCN(Cc3cc4c(cc3OC)CCCC4)CC2)c(OCC)n1. The van der Waals surface area contributed by atoms with E-state index in [-0.39, 0.29) is 6.01 Å². The number of benzene rings is 1. The fourth-order valence-electron chi connectivity index (χ4n) is 4.83. The van der Waals surface area contributed by atoms with Gasteiger partial charge in [-0.25, -0.2) is 4.98 Å². The Morgan fingerprint density at radius 3 is 2.38 bits per heavy atom. The van der Waals surface area contributed by atoms with E-state index in [0.717, 1.165) is 38.2 Å². The van der Waals surface area contributed by atoms with Crippen molar-refractivity contribution in [3.05, 3.63) is 40.6 Å². The monoisotopic (exact) mass is 441 g/mol. The van der Waals surface area contributed by atoms with Crippen molar-refractivity contribution in [2.45, 2.75) is 64.5 Å². The van der Waals surface area contributed by atoms with Gasteiger partial charge < -0.3 is 19.3 Å². The van der Waals surface area contributed by atoms with E-state index in [9.17, 15) is 5.11 Å². The summed E-state index contributed by atoms with van der Waals surface area (Å²) < 4.78 is 16.9. The first-order chi connectivity index (χ1) is 15.6. The summed E-state index contributed by atoms with van der Waals surface area (Å²) in [6, 6.07) is 4.84. The van der Waals surface area contributed by atoms with Crippen LogP contribution in [0.25, 0.3) is 0 Å². The summed E-state index contributed by atoms with van der Waals surface area (Å²) in [5.41, 5.74) is 3.77. The minimum Gasteiger partial charge on any atom is -0.496 e. The Kier molecular flexibility index (Phi) is 7.16. The van der Waals surface area contributed by atoms with Crippen molar-refractivity contribution in [3.63, 3.8) is 0 Å². The van der Waals surface area contributed by atoms with Gasteiger partial charge in [-0.2, -0.15) is 4.98 Å². The Labute approximate surface area is 190 Å². The van der Waals surface area contributed by atoms with E-state index in [4.69, 9.17) is 14.2 Å². The van der Waals surface area contributed by atoms with Crippen LogP contribution in [-0.2, 0) is 25.0 Å². The molecule has 1 aromatic heterocycles. The molecule has 2 aliphatic rings. The van der Waals surface area contributed by atoms with Gasteiger partial charge >= 0.3 is 6.01 Å². The van der Waals surface area contributed by atoms with Crippen LogP contribution in [0.15, 0.2) is 18.3 Å². The first-order valence-corrected chi connectivity index (χ1v) is 11.8. The molecule has 0 saturated carbocycles. The summed E-state index contributed by atoms with van der Waals surface area (Å²) in [6.45, 7) is 7.12. The lowest BCUT2D eigenvalue weighted by atomic mass is 9.85. The Morgan fingerprint density at radius 1 is 1.03 bits per heavy atom. The van der Waals surface area contributed by atoms with Gasteiger partial charge in [0.1, 0.15) is 5.75 Å². The van der Waals surface area contributed by atoms with Crippen LogP contribution in [0, 0.1) is 0 Å². The summed E-state index contributed by atoms with van der Waals surface area (Å²) in [6.07, 6.45) is 7.68. The summed E-state index contributed by atoms with van der Waals surface area (Å²) in [7, 11) is 1.75. The number of ether oxygens (including phenoxy) is 3. The van der Waals surface area contributed by atoms with Crippen LogP contribution in [0.4, 0.5) is 0 Å². The number of fused-ring (bicyclic) bond motifs is 1. The Hall–Kier alpha value is -2.38. The van der Waals surface area contributed by atoms with Crippen molar-refractivity contribution in [2.75, 3.05) is 33.4 Å². The molecule has 0 radical (unpaired) electrons. The van der Waals surface area contributed by atoms with Crippen molar-refractivity contribution in [1.29, 1.82) is 0 Å². The number of aliphatic hydroxyl groups is 1. The molecule has 1 aliphatic carbocycles. The molecule has 0 amide bonds. The van der Waals surface area contributed by atoms with Crippen LogP contribution in [0.2, 0.25) is 0 Å². The van der Waals surface area contributed by atoms with Crippen molar-refractivity contribution in [3.8, 4) is 17.6 Å². The molecule has 0 atom stereocenters. The molecule has 174 valence electrons. The van der Waals surface area contributed by atoms with E-state index in [2.05, 4.69) is 27.0 Å². The van der Waals surface area contributed by atoms with Gasteiger partial charge in [-0.1, -0.05) is 6.07 Å². The maximum absolute atomic E-state index is 11.5. The van der Waals surface area contributed by atoms with Crippen LogP contribution in [0.1, 0.15) is 61.8 Å². The number of hydrogen-bond donors (Lipinski definition) is 1. The van der Waals surface area contributed by atoms with E-state index >= 15 is 0 Å². The largest absolute Gasteiger partial charge is 0.496 e. The molecule has 1 fully saturated rings. The average molecular weight is 442 g/mol. The van der Waals surface area contributed by atoms with E-state index in [1.165, 1.54) is 29.5 Å². The van der Waals surface area contributed by atoms with Gasteiger partial charge in [-0.15, -0.1) is 0 Å². The van der Waals surface area contributed by atoms with Crippen LogP contribution in [0.5, 0.6) is 17.6 Å². The van der Waals surface area contributed by atoms with Crippen molar-refractivity contribution >= 4 is 0 Å². The smallest absolute Gasteiger partial charge is 0.319 e. The number of likely N-dealkylation sites (tertiary alicyclic amines) is 1. The first-order valence-electron chi connectivity index (χ1n) is 11.8. The average Bonchev–Trinajstić information content (AvgIpc) is 2.81. The Bertz CT molecular complexity index is 926. The zero-order valence-corrected chi connectivity index (χ0v) is 19.5. The Balaban J connectivity index is 1.47. The third-order valence-corrected chi connectivity index (χ3v) is 6.61. The van der Waals surface area contributed by atoms with Crippen LogP contribution >= 0.6 is 0 Å². The summed E-state index contributed by atoms with van der Waals surface area (Å²) in [5.74, 6) is 1.39. The maximum atomic E-state index is 11.5. The molecule has 4 rings (SSSR count). The lowest BCUT2D eigenvalue weighted by Gasteiger charge is -2.38. The highest BCUT2D eigenvalue weighted by molar-refractivity contribution is 5.44. The highest BCUT2D eigenvalue weighted by Gasteiger charge is 2.38. The standard InChI is InChI=1S/C25H35N3O4/c1-4-31-23-21(16-26-24(27-23)32-5-2)25(29)10-12-28(13-11-25)17-20-14-18-8-6-7-9-19(18)15-22(20)30-3/h14-16,29H,4-13,17H2,1-3H3. The Morgan fingerprint density at radius 2 is 1.72 bits per heavy atom. The molecular formula is C25H35N3O4. The normalized spacial score (nSPS) is 18.1. The van der Waals surface area contributed by atoms with E-state index in [1.807, 2.05) is 13.8 Å². The van der Waals surface area contributed by atoms with Crippen molar-refractivity contribution < 1.29 is 19.3 Å². The number of nitrogens with zero attached hydrogens (tertiary/aromatic N) is 3. The molecular weight excluding hydrogens is 406 g/mol. The third kappa shape index (κ3) is 4.84. The van der Waals surface area contributed by atoms with Crippen LogP contribution in [-0.4, -0.2) is 53.4 Å². The van der Waals surface area contributed by atoms with E-state index in [1.54, 1.807) is 13.3 Å². The quantitative estimate of drug-likeness (QED) is 0.670. The molecule has 0 bridgehead atoms. The second-order valence-electron chi connectivity index (χ2n) is 8.69.